The molecule has 3 fully saturated rings. The number of ether oxygens (including phenoxy) is 3. The Hall–Kier alpha value is -7.20. The number of carbonyl (C=O) groups excluding carboxylic acids is 3. The van der Waals surface area contributed by atoms with Crippen molar-refractivity contribution in [3.63, 3.8) is 0 Å². The number of anilines is 1. The summed E-state index contributed by atoms with van der Waals surface area (Å²) in [5, 5.41) is 30.7. The van der Waals surface area contributed by atoms with E-state index < -0.39 is 24.2 Å². The van der Waals surface area contributed by atoms with Crippen molar-refractivity contribution >= 4 is 34.7 Å². The molecule has 0 saturated carbocycles. The van der Waals surface area contributed by atoms with Crippen LogP contribution in [0.25, 0.3) is 10.9 Å². The third-order valence-electron chi connectivity index (χ3n) is 12.2. The Morgan fingerprint density at radius 1 is 0.864 bits per heavy atom. The average Bonchev–Trinajstić information content (AvgIpc) is 3.34. The molecule has 5 aromatic carbocycles. The second-order valence-corrected chi connectivity index (χ2v) is 16.7. The number of hydrogen-bond donors (Lipinski definition) is 6. The van der Waals surface area contributed by atoms with Crippen molar-refractivity contribution in [2.45, 2.75) is 44.2 Å². The van der Waals surface area contributed by atoms with E-state index in [0.717, 1.165) is 54.7 Å². The van der Waals surface area contributed by atoms with Crippen LogP contribution in [0.1, 0.15) is 63.2 Å². The Labute approximate surface area is 382 Å². The van der Waals surface area contributed by atoms with Crippen molar-refractivity contribution in [2.75, 3.05) is 51.7 Å². The molecule has 3 aliphatic heterocycles. The van der Waals surface area contributed by atoms with E-state index in [-0.39, 0.29) is 55.3 Å². The highest BCUT2D eigenvalue weighted by Gasteiger charge is 2.37. The Morgan fingerprint density at radius 3 is 2.35 bits per heavy atom. The van der Waals surface area contributed by atoms with E-state index in [4.69, 9.17) is 14.2 Å². The summed E-state index contributed by atoms with van der Waals surface area (Å²) < 4.78 is 17.6. The largest absolute Gasteiger partial charge is 0.506 e. The van der Waals surface area contributed by atoms with E-state index in [1.807, 2.05) is 66.7 Å². The van der Waals surface area contributed by atoms with Gasteiger partial charge in [-0.2, -0.15) is 0 Å². The van der Waals surface area contributed by atoms with Crippen LogP contribution in [0.15, 0.2) is 132 Å². The first-order chi connectivity index (χ1) is 32.1. The number of amides is 3. The van der Waals surface area contributed by atoms with Crippen LogP contribution in [-0.2, 0) is 22.6 Å². The van der Waals surface area contributed by atoms with Gasteiger partial charge >= 0.3 is 18.1 Å². The molecule has 15 heteroatoms. The van der Waals surface area contributed by atoms with Crippen LogP contribution in [0.4, 0.5) is 15.3 Å². The minimum atomic E-state index is -0.890. The maximum Gasteiger partial charge on any atom is 0.408 e. The lowest BCUT2D eigenvalue weighted by Gasteiger charge is -2.43. The lowest BCUT2D eigenvalue weighted by molar-refractivity contribution is -0.0336. The number of piperidine rings is 3. The maximum absolute atomic E-state index is 13.2. The summed E-state index contributed by atoms with van der Waals surface area (Å²) in [4.78, 5) is 57.1. The fourth-order valence-electron chi connectivity index (χ4n) is 8.42. The van der Waals surface area contributed by atoms with Gasteiger partial charge < -0.3 is 50.3 Å². The maximum atomic E-state index is 13.2. The molecular weight excluding hydrogens is 841 g/mol. The van der Waals surface area contributed by atoms with Gasteiger partial charge in [0, 0.05) is 43.8 Å². The Bertz CT molecular complexity index is 2670. The highest BCUT2D eigenvalue weighted by molar-refractivity contribution is 5.90. The summed E-state index contributed by atoms with van der Waals surface area (Å²) >= 11 is 0. The molecular formula is C51H54N6O9. The molecule has 3 atom stereocenters. The smallest absolute Gasteiger partial charge is 0.408 e. The molecule has 0 aliphatic carbocycles. The Morgan fingerprint density at radius 2 is 1.61 bits per heavy atom. The Balaban J connectivity index is 0.755. The number of likely N-dealkylation sites (N-methyl/N-ethyl adjacent to an activating group) is 1. The predicted molar refractivity (Wildman–Crippen MR) is 249 cm³/mol. The van der Waals surface area contributed by atoms with Crippen LogP contribution in [0.2, 0.25) is 0 Å². The minimum Gasteiger partial charge on any atom is -0.506 e. The zero-order chi connectivity index (χ0) is 46.0. The van der Waals surface area contributed by atoms with Crippen molar-refractivity contribution in [3.8, 4) is 11.5 Å². The number of aromatic hydroxyl groups is 1. The molecule has 6 N–H and O–H groups in total. The summed E-state index contributed by atoms with van der Waals surface area (Å²) in [5.74, 6) is 0.445. The normalized spacial score (nSPS) is 17.3. The second-order valence-electron chi connectivity index (χ2n) is 16.7. The molecule has 3 aliphatic rings. The minimum absolute atomic E-state index is 0.00541. The molecule has 0 radical (unpaired) electrons. The number of benzene rings is 5. The van der Waals surface area contributed by atoms with E-state index in [9.17, 15) is 29.4 Å². The standard InChI is InChI=1S/C51H54N6O9/c1-56(50(62)53-39-16-12-33(13-17-39)29-52-30-44(59)41-18-20-43(58)48-42(41)19-21-46(60)54-48)26-27-64-49(61)37-14-10-34(11-15-37)32-65-40-9-5-8-38(28-40)47(36-6-3-2-4-7-36)55-51(63)66-45-31-57-24-22-35(45)23-25-57/h2-21,28,35,44-45,47,52,58-59H,22-27,29-32H2,1H3,(H,53,62)(H,54,60)(H,55,63)/t44-,45+,47?/m1/s1. The first kappa shape index (κ1) is 45.4. The van der Waals surface area contributed by atoms with Crippen LogP contribution in [0.3, 0.4) is 0 Å². The summed E-state index contributed by atoms with van der Waals surface area (Å²) in [6, 6.07) is 36.8. The second kappa shape index (κ2) is 21.2. The van der Waals surface area contributed by atoms with E-state index in [1.54, 1.807) is 55.6 Å². The molecule has 1 unspecified atom stereocenters. The van der Waals surface area contributed by atoms with E-state index in [2.05, 4.69) is 25.8 Å². The lowest BCUT2D eigenvalue weighted by atomic mass is 9.86. The van der Waals surface area contributed by atoms with Crippen LogP contribution in [0.5, 0.6) is 11.5 Å². The molecule has 15 nitrogen and oxygen atoms in total. The van der Waals surface area contributed by atoms with Crippen molar-refractivity contribution in [1.29, 1.82) is 0 Å². The van der Waals surface area contributed by atoms with Gasteiger partial charge in [0.25, 0.3) is 0 Å². The van der Waals surface area contributed by atoms with E-state index in [0.29, 0.717) is 40.4 Å². The van der Waals surface area contributed by atoms with Gasteiger partial charge in [-0.1, -0.05) is 72.8 Å². The number of aliphatic hydroxyl groups excluding tert-OH is 1. The third-order valence-corrected chi connectivity index (χ3v) is 12.2. The SMILES string of the molecule is CN(CCOC(=O)c1ccc(COc2cccc(C(NC(=O)O[C@H]3CN4CCC3CC4)c3ccccc3)c2)cc1)C(=O)Nc1ccc(CNC[C@@H](O)c2ccc(O)c3[nH]c(=O)ccc23)cc1. The third kappa shape index (κ3) is 11.5. The number of fused-ring (bicyclic) bond motifs is 4. The number of aliphatic hydroxyl groups is 1. The molecule has 4 heterocycles. The number of aromatic nitrogens is 1. The number of urea groups is 1. The molecule has 1 aromatic heterocycles. The van der Waals surface area contributed by atoms with Crippen molar-refractivity contribution in [2.24, 2.45) is 5.92 Å². The highest BCUT2D eigenvalue weighted by atomic mass is 16.6. The van der Waals surface area contributed by atoms with Crippen molar-refractivity contribution in [3.05, 3.63) is 171 Å². The van der Waals surface area contributed by atoms with Crippen LogP contribution in [0, 0.1) is 5.92 Å². The van der Waals surface area contributed by atoms with Gasteiger partial charge in [-0.3, -0.25) is 9.69 Å². The number of phenols is 1. The zero-order valence-electron chi connectivity index (χ0n) is 36.7. The summed E-state index contributed by atoms with van der Waals surface area (Å²) in [6.07, 6.45) is 0.683. The zero-order valence-corrected chi connectivity index (χ0v) is 36.7. The van der Waals surface area contributed by atoms with Crippen molar-refractivity contribution in [1.82, 2.24) is 25.4 Å². The number of nitrogens with zero attached hydrogens (tertiary/aromatic N) is 2. The first-order valence-corrected chi connectivity index (χ1v) is 22.1. The fourth-order valence-corrected chi connectivity index (χ4v) is 8.42. The highest BCUT2D eigenvalue weighted by Crippen LogP contribution is 2.32. The number of esters is 1. The summed E-state index contributed by atoms with van der Waals surface area (Å²) in [6.45, 7) is 4.00. The monoisotopic (exact) mass is 894 g/mol. The number of aromatic amines is 1. The topological polar surface area (TPSA) is 195 Å². The number of hydrogen-bond acceptors (Lipinski definition) is 11. The molecule has 6 aromatic rings. The molecule has 9 rings (SSSR count). The quantitative estimate of drug-likeness (QED) is 0.0524. The van der Waals surface area contributed by atoms with Gasteiger partial charge in [0.05, 0.1) is 29.8 Å². The molecule has 3 saturated heterocycles. The van der Waals surface area contributed by atoms with Crippen LogP contribution >= 0.6 is 0 Å². The Kier molecular flexibility index (Phi) is 14.6. The number of rotatable bonds is 17. The van der Waals surface area contributed by atoms with Crippen LogP contribution in [-0.4, -0.2) is 95.6 Å². The molecule has 0 spiro atoms. The van der Waals surface area contributed by atoms with Crippen molar-refractivity contribution < 1.29 is 38.8 Å². The number of H-pyrrole nitrogens is 1. The number of pyridine rings is 1. The summed E-state index contributed by atoms with van der Waals surface area (Å²) in [7, 11) is 1.61. The van der Waals surface area contributed by atoms with Gasteiger partial charge in [0.1, 0.15) is 30.8 Å². The molecule has 66 heavy (non-hydrogen) atoms. The van der Waals surface area contributed by atoms with Gasteiger partial charge in [0.15, 0.2) is 0 Å². The molecule has 3 amide bonds. The molecule has 2 bridgehead atoms. The number of nitrogens with one attached hydrogen (secondary N) is 4. The average molecular weight is 895 g/mol. The predicted octanol–water partition coefficient (Wildman–Crippen LogP) is 6.87. The summed E-state index contributed by atoms with van der Waals surface area (Å²) in [5.41, 5.74) is 4.99. The van der Waals surface area contributed by atoms with Crippen LogP contribution < -0.4 is 26.2 Å². The first-order valence-electron chi connectivity index (χ1n) is 22.1. The lowest BCUT2D eigenvalue weighted by Crippen LogP contribution is -2.52. The van der Waals surface area contributed by atoms with E-state index in [1.165, 1.54) is 17.0 Å². The fraction of sp³-hybridized carbons (Fsp3) is 0.294. The number of alkyl carbamates (subject to hydrolysis) is 1. The van der Waals surface area contributed by atoms with Gasteiger partial charge in [-0.15, -0.1) is 0 Å². The molecule has 342 valence electrons. The van der Waals surface area contributed by atoms with Gasteiger partial charge in [0.2, 0.25) is 5.56 Å². The van der Waals surface area contributed by atoms with Gasteiger partial charge in [-0.25, -0.2) is 14.4 Å². The number of phenolic OH excluding ortho intramolecular Hbond substituents is 1. The van der Waals surface area contributed by atoms with E-state index >= 15 is 0 Å². The van der Waals surface area contributed by atoms with Gasteiger partial charge in [-0.05, 0) is 108 Å². The number of carbonyl (C=O) groups is 3.